The van der Waals surface area contributed by atoms with Gasteiger partial charge in [-0.05, 0) is 30.9 Å². The lowest BCUT2D eigenvalue weighted by Crippen LogP contribution is -2.57. The molecule has 0 radical (unpaired) electrons. The molecule has 0 aliphatic heterocycles. The number of amides is 5. The second-order valence-corrected chi connectivity index (χ2v) is 9.30. The van der Waals surface area contributed by atoms with Crippen LogP contribution in [0.5, 0.6) is 0 Å². The Hall–Kier alpha value is -4.99. The molecule has 5 amide bonds. The molecule has 2 aromatic rings. The summed E-state index contributed by atoms with van der Waals surface area (Å²) in [7, 11) is 0. The Kier molecular flexibility index (Phi) is 11.8. The number of primary amides is 2. The van der Waals surface area contributed by atoms with E-state index in [1.54, 1.807) is 6.20 Å². The van der Waals surface area contributed by atoms with Crippen LogP contribution in [0.1, 0.15) is 37.7 Å². The molecule has 16 heteroatoms. The fraction of sp³-hybridized carbons (Fsp3) is 0.400. The van der Waals surface area contributed by atoms with Crippen molar-refractivity contribution in [2.75, 3.05) is 0 Å². The van der Waals surface area contributed by atoms with Crippen LogP contribution in [-0.2, 0) is 40.0 Å². The highest BCUT2D eigenvalue weighted by atomic mass is 16.4. The van der Waals surface area contributed by atoms with Crippen LogP contribution in [0.15, 0.2) is 30.5 Å². The molecule has 0 aliphatic carbocycles. The molecule has 0 saturated heterocycles. The molecule has 12 N–H and O–H groups in total. The van der Waals surface area contributed by atoms with Crippen molar-refractivity contribution < 1.29 is 43.8 Å². The van der Waals surface area contributed by atoms with Crippen molar-refractivity contribution >= 4 is 52.4 Å². The van der Waals surface area contributed by atoms with Crippen molar-refractivity contribution in [3.05, 3.63) is 36.0 Å². The molecule has 4 unspecified atom stereocenters. The van der Waals surface area contributed by atoms with Gasteiger partial charge in [-0.25, -0.2) is 4.79 Å². The summed E-state index contributed by atoms with van der Waals surface area (Å²) < 4.78 is 0. The van der Waals surface area contributed by atoms with Crippen molar-refractivity contribution in [1.82, 2.24) is 20.9 Å². The van der Waals surface area contributed by atoms with Gasteiger partial charge in [-0.3, -0.25) is 28.8 Å². The first-order chi connectivity index (χ1) is 19.3. The third-order valence-corrected chi connectivity index (χ3v) is 6.06. The molecule has 0 aliphatic rings. The number of nitrogens with two attached hydrogens (primary N) is 3. The van der Waals surface area contributed by atoms with Crippen LogP contribution in [0.3, 0.4) is 0 Å². The molecular weight excluding hydrogens is 542 g/mol. The summed E-state index contributed by atoms with van der Waals surface area (Å²) in [5, 5.41) is 26.0. The molecule has 1 aromatic carbocycles. The van der Waals surface area contributed by atoms with Crippen LogP contribution in [-0.4, -0.2) is 80.8 Å². The third kappa shape index (κ3) is 10.2. The van der Waals surface area contributed by atoms with Gasteiger partial charge in [0.15, 0.2) is 0 Å². The van der Waals surface area contributed by atoms with Crippen LogP contribution < -0.4 is 33.2 Å². The van der Waals surface area contributed by atoms with Gasteiger partial charge in [0.05, 0.1) is 12.5 Å². The van der Waals surface area contributed by atoms with E-state index in [9.17, 15) is 38.7 Å². The average Bonchev–Trinajstić information content (AvgIpc) is 3.30. The first-order valence-corrected chi connectivity index (χ1v) is 12.5. The summed E-state index contributed by atoms with van der Waals surface area (Å²) >= 11 is 0. The predicted molar refractivity (Wildman–Crippen MR) is 143 cm³/mol. The number of nitrogens with one attached hydrogen (secondary N) is 4. The number of hydrogen-bond acceptors (Lipinski definition) is 8. The van der Waals surface area contributed by atoms with Crippen LogP contribution in [0.2, 0.25) is 0 Å². The van der Waals surface area contributed by atoms with Crippen molar-refractivity contribution in [3.8, 4) is 0 Å². The molecule has 4 atom stereocenters. The predicted octanol–water partition coefficient (Wildman–Crippen LogP) is -2.42. The summed E-state index contributed by atoms with van der Waals surface area (Å²) in [4.78, 5) is 86.9. The highest BCUT2D eigenvalue weighted by Gasteiger charge is 2.31. The molecule has 0 bridgehead atoms. The Morgan fingerprint density at radius 1 is 0.780 bits per heavy atom. The number of benzene rings is 1. The summed E-state index contributed by atoms with van der Waals surface area (Å²) in [5.74, 6) is -7.53. The Balaban J connectivity index is 2.18. The molecule has 41 heavy (non-hydrogen) atoms. The van der Waals surface area contributed by atoms with Gasteiger partial charge >= 0.3 is 11.9 Å². The largest absolute Gasteiger partial charge is 0.481 e. The van der Waals surface area contributed by atoms with Crippen molar-refractivity contribution in [2.45, 2.75) is 62.7 Å². The number of H-pyrrole nitrogens is 1. The molecule has 2 rings (SSSR count). The van der Waals surface area contributed by atoms with Gasteiger partial charge < -0.3 is 48.3 Å². The van der Waals surface area contributed by atoms with Gasteiger partial charge in [-0.15, -0.1) is 0 Å². The monoisotopic (exact) mass is 575 g/mol. The standard InChI is InChI=1S/C25H33N7O9/c26-14(9-12-11-29-15-4-2-1-3-13(12)15)22(37)30-17(6-8-21(35)36)23(38)31-16(5-7-19(27)33)24(39)32-18(25(40)41)10-20(28)34/h1-4,11,14,16-18,29H,5-10,26H2,(H2,27,33)(H2,28,34)(H,30,37)(H,31,38)(H,32,39)(H,35,36)(H,40,41). The van der Waals surface area contributed by atoms with Crippen molar-refractivity contribution in [3.63, 3.8) is 0 Å². The molecule has 222 valence electrons. The number of hydrogen-bond donors (Lipinski definition) is 9. The fourth-order valence-corrected chi connectivity index (χ4v) is 3.95. The van der Waals surface area contributed by atoms with Crippen LogP contribution in [0.25, 0.3) is 10.9 Å². The van der Waals surface area contributed by atoms with Gasteiger partial charge in [0.1, 0.15) is 18.1 Å². The molecule has 1 aromatic heterocycles. The normalized spacial score (nSPS) is 13.8. The van der Waals surface area contributed by atoms with E-state index < -0.39 is 84.9 Å². The lowest BCUT2D eigenvalue weighted by atomic mass is 10.0. The number of aromatic nitrogens is 1. The molecule has 0 fully saturated rings. The van der Waals surface area contributed by atoms with Crippen LogP contribution >= 0.6 is 0 Å². The number of rotatable bonds is 17. The zero-order valence-corrected chi connectivity index (χ0v) is 21.9. The second-order valence-electron chi connectivity index (χ2n) is 9.30. The third-order valence-electron chi connectivity index (χ3n) is 6.06. The zero-order chi connectivity index (χ0) is 30.7. The maximum absolute atomic E-state index is 13.1. The van der Waals surface area contributed by atoms with Crippen LogP contribution in [0.4, 0.5) is 0 Å². The van der Waals surface area contributed by atoms with E-state index in [1.807, 2.05) is 24.3 Å². The van der Waals surface area contributed by atoms with Gasteiger partial charge in [-0.2, -0.15) is 0 Å². The summed E-state index contributed by atoms with van der Waals surface area (Å²) in [6.45, 7) is 0. The number of carbonyl (C=O) groups is 7. The zero-order valence-electron chi connectivity index (χ0n) is 21.9. The van der Waals surface area contributed by atoms with Gasteiger partial charge in [0.25, 0.3) is 0 Å². The van der Waals surface area contributed by atoms with E-state index in [0.717, 1.165) is 16.5 Å². The maximum atomic E-state index is 13.1. The number of carboxylic acids is 2. The first kappa shape index (κ1) is 32.2. The number of para-hydroxylation sites is 1. The summed E-state index contributed by atoms with van der Waals surface area (Å²) in [6.07, 6.45) is -0.642. The average molecular weight is 576 g/mol. The minimum atomic E-state index is -1.72. The summed E-state index contributed by atoms with van der Waals surface area (Å²) in [6, 6.07) is 1.47. The van der Waals surface area contributed by atoms with Gasteiger partial charge in [-0.1, -0.05) is 18.2 Å². The number of aromatic amines is 1. The van der Waals surface area contributed by atoms with E-state index in [2.05, 4.69) is 20.9 Å². The summed E-state index contributed by atoms with van der Waals surface area (Å²) in [5.41, 5.74) is 17.8. The lowest BCUT2D eigenvalue weighted by molar-refractivity contribution is -0.144. The van der Waals surface area contributed by atoms with E-state index in [-0.39, 0.29) is 19.3 Å². The SMILES string of the molecule is NC(=O)CCC(NC(=O)C(CCC(=O)O)NC(=O)C(N)Cc1c[nH]c2ccccc12)C(=O)NC(CC(N)=O)C(=O)O. The minimum absolute atomic E-state index is 0.0865. The van der Waals surface area contributed by atoms with E-state index in [4.69, 9.17) is 22.3 Å². The Morgan fingerprint density at radius 3 is 1.90 bits per heavy atom. The number of fused-ring (bicyclic) bond motifs is 1. The number of carbonyl (C=O) groups excluding carboxylic acids is 5. The topological polar surface area (TPSA) is 290 Å². The molecular formula is C25H33N7O9. The Morgan fingerprint density at radius 2 is 1.34 bits per heavy atom. The quantitative estimate of drug-likeness (QED) is 0.0961. The first-order valence-electron chi connectivity index (χ1n) is 12.5. The van der Waals surface area contributed by atoms with Crippen LogP contribution in [0, 0.1) is 0 Å². The Bertz CT molecular complexity index is 1310. The maximum Gasteiger partial charge on any atom is 0.326 e. The van der Waals surface area contributed by atoms with E-state index in [0.29, 0.717) is 0 Å². The number of aliphatic carboxylic acids is 2. The highest BCUT2D eigenvalue weighted by molar-refractivity contribution is 5.95. The number of carboxylic acid groups (broad SMARTS) is 2. The van der Waals surface area contributed by atoms with Crippen molar-refractivity contribution in [1.29, 1.82) is 0 Å². The lowest BCUT2D eigenvalue weighted by Gasteiger charge is -2.24. The minimum Gasteiger partial charge on any atom is -0.481 e. The molecule has 0 spiro atoms. The second kappa shape index (κ2) is 15.0. The van der Waals surface area contributed by atoms with Gasteiger partial charge in [0.2, 0.25) is 29.5 Å². The molecule has 1 heterocycles. The van der Waals surface area contributed by atoms with Gasteiger partial charge in [0, 0.05) is 29.9 Å². The van der Waals surface area contributed by atoms with E-state index in [1.165, 1.54) is 0 Å². The Labute approximate surface area is 233 Å². The van der Waals surface area contributed by atoms with Crippen molar-refractivity contribution in [2.24, 2.45) is 17.2 Å². The molecule has 0 saturated carbocycles. The highest BCUT2D eigenvalue weighted by Crippen LogP contribution is 2.19. The fourth-order valence-electron chi connectivity index (χ4n) is 3.95. The molecule has 16 nitrogen and oxygen atoms in total. The van der Waals surface area contributed by atoms with E-state index >= 15 is 0 Å². The smallest absolute Gasteiger partial charge is 0.326 e.